The molecule has 1 aromatic carbocycles. The Labute approximate surface area is 181 Å². The normalized spacial score (nSPS) is 26.3. The molecule has 10 heteroatoms. The van der Waals surface area contributed by atoms with Crippen molar-refractivity contribution in [3.63, 3.8) is 0 Å². The molecule has 2 saturated heterocycles. The van der Waals surface area contributed by atoms with Crippen LogP contribution in [0.1, 0.15) is 20.3 Å². The lowest BCUT2D eigenvalue weighted by atomic mass is 10.0. The molecule has 4 N–H and O–H groups in total. The van der Waals surface area contributed by atoms with Gasteiger partial charge in [0.15, 0.2) is 0 Å². The van der Waals surface area contributed by atoms with E-state index >= 15 is 0 Å². The third-order valence-electron chi connectivity index (χ3n) is 5.54. The molecule has 0 spiro atoms. The van der Waals surface area contributed by atoms with Gasteiger partial charge in [0.05, 0.1) is 12.5 Å². The van der Waals surface area contributed by atoms with Gasteiger partial charge < -0.3 is 35.4 Å². The molecule has 9 nitrogen and oxygen atoms in total. The first kappa shape index (κ1) is 23.2. The van der Waals surface area contributed by atoms with E-state index in [0.29, 0.717) is 26.2 Å². The summed E-state index contributed by atoms with van der Waals surface area (Å²) in [6.45, 7) is 5.91. The van der Waals surface area contributed by atoms with Crippen LogP contribution in [-0.4, -0.2) is 90.2 Å². The number of urea groups is 1. The van der Waals surface area contributed by atoms with Crippen molar-refractivity contribution in [3.05, 3.63) is 30.1 Å². The SMILES string of the molecule is CC(C)NC(=O)NCC1OC(CC(=O)N2CCN(c3ccc(F)cc3)CC2)C(O)C1O. The van der Waals surface area contributed by atoms with Gasteiger partial charge >= 0.3 is 6.03 Å². The summed E-state index contributed by atoms with van der Waals surface area (Å²) in [6, 6.07) is 5.83. The lowest BCUT2D eigenvalue weighted by molar-refractivity contribution is -0.135. The monoisotopic (exact) mass is 438 g/mol. The van der Waals surface area contributed by atoms with Gasteiger partial charge in [0.2, 0.25) is 5.91 Å². The van der Waals surface area contributed by atoms with Crippen LogP contribution in [0.2, 0.25) is 0 Å². The predicted molar refractivity (Wildman–Crippen MR) is 112 cm³/mol. The number of aliphatic hydroxyl groups is 2. The number of nitrogens with zero attached hydrogens (tertiary/aromatic N) is 2. The van der Waals surface area contributed by atoms with Crippen LogP contribution in [0.3, 0.4) is 0 Å². The van der Waals surface area contributed by atoms with Crippen molar-refractivity contribution in [2.24, 2.45) is 0 Å². The van der Waals surface area contributed by atoms with E-state index < -0.39 is 24.4 Å². The number of hydrogen-bond donors (Lipinski definition) is 4. The second kappa shape index (κ2) is 10.3. The minimum absolute atomic E-state index is 0.0256. The first-order valence-electron chi connectivity index (χ1n) is 10.6. The molecule has 0 aromatic heterocycles. The summed E-state index contributed by atoms with van der Waals surface area (Å²) in [5, 5.41) is 25.8. The molecule has 0 saturated carbocycles. The van der Waals surface area contributed by atoms with Crippen LogP contribution in [0.5, 0.6) is 0 Å². The Balaban J connectivity index is 1.45. The van der Waals surface area contributed by atoms with Crippen LogP contribution >= 0.6 is 0 Å². The van der Waals surface area contributed by atoms with Gasteiger partial charge in [-0.1, -0.05) is 0 Å². The molecule has 2 heterocycles. The molecule has 31 heavy (non-hydrogen) atoms. The molecule has 0 bridgehead atoms. The molecule has 2 fully saturated rings. The number of benzene rings is 1. The van der Waals surface area contributed by atoms with Gasteiger partial charge in [0, 0.05) is 44.5 Å². The zero-order valence-electron chi connectivity index (χ0n) is 17.8. The van der Waals surface area contributed by atoms with Crippen LogP contribution in [0.4, 0.5) is 14.9 Å². The number of ether oxygens (including phenoxy) is 1. The number of halogens is 1. The van der Waals surface area contributed by atoms with Crippen LogP contribution in [0, 0.1) is 5.82 Å². The van der Waals surface area contributed by atoms with Crippen LogP contribution in [0.25, 0.3) is 0 Å². The summed E-state index contributed by atoms with van der Waals surface area (Å²) >= 11 is 0. The Hall–Kier alpha value is -2.43. The molecule has 1 aromatic rings. The molecule has 3 amide bonds. The Morgan fingerprint density at radius 1 is 1.10 bits per heavy atom. The van der Waals surface area contributed by atoms with Crippen molar-refractivity contribution < 1.29 is 28.9 Å². The molecule has 2 aliphatic rings. The Bertz CT molecular complexity index is 755. The second-order valence-corrected chi connectivity index (χ2v) is 8.25. The highest BCUT2D eigenvalue weighted by Gasteiger charge is 2.44. The summed E-state index contributed by atoms with van der Waals surface area (Å²) < 4.78 is 18.8. The summed E-state index contributed by atoms with van der Waals surface area (Å²) in [7, 11) is 0. The number of piperazine rings is 1. The lowest BCUT2D eigenvalue weighted by Crippen LogP contribution is -2.49. The molecule has 4 unspecified atom stereocenters. The van der Waals surface area contributed by atoms with E-state index in [0.717, 1.165) is 5.69 Å². The predicted octanol–water partition coefficient (Wildman–Crippen LogP) is 0.0612. The quantitative estimate of drug-likeness (QED) is 0.500. The number of carbonyl (C=O) groups is 2. The highest BCUT2D eigenvalue weighted by molar-refractivity contribution is 5.77. The fraction of sp³-hybridized carbons (Fsp3) is 0.619. The van der Waals surface area contributed by atoms with Crippen molar-refractivity contribution in [2.45, 2.75) is 50.7 Å². The van der Waals surface area contributed by atoms with Gasteiger partial charge in [-0.3, -0.25) is 4.79 Å². The maximum atomic E-state index is 13.1. The number of nitrogens with one attached hydrogen (secondary N) is 2. The number of carbonyl (C=O) groups excluding carboxylic acids is 2. The van der Waals surface area contributed by atoms with Crippen LogP contribution < -0.4 is 15.5 Å². The zero-order chi connectivity index (χ0) is 22.5. The van der Waals surface area contributed by atoms with Gasteiger partial charge in [-0.05, 0) is 38.1 Å². The second-order valence-electron chi connectivity index (χ2n) is 8.25. The van der Waals surface area contributed by atoms with Crippen molar-refractivity contribution in [1.82, 2.24) is 15.5 Å². The molecule has 172 valence electrons. The van der Waals surface area contributed by atoms with Crippen LogP contribution in [-0.2, 0) is 9.53 Å². The molecule has 2 aliphatic heterocycles. The molecule has 4 atom stereocenters. The summed E-state index contributed by atoms with van der Waals surface area (Å²) in [4.78, 5) is 28.2. The van der Waals surface area contributed by atoms with E-state index in [1.807, 2.05) is 13.8 Å². The van der Waals surface area contributed by atoms with Crippen molar-refractivity contribution in [3.8, 4) is 0 Å². The van der Waals surface area contributed by atoms with Gasteiger partial charge in [0.25, 0.3) is 0 Å². The first-order chi connectivity index (χ1) is 14.7. The number of aliphatic hydroxyl groups excluding tert-OH is 2. The Morgan fingerprint density at radius 2 is 1.71 bits per heavy atom. The van der Waals surface area contributed by atoms with Crippen molar-refractivity contribution in [1.29, 1.82) is 0 Å². The average molecular weight is 439 g/mol. The molecule has 3 rings (SSSR count). The van der Waals surface area contributed by atoms with Gasteiger partial charge in [-0.25, -0.2) is 9.18 Å². The fourth-order valence-electron chi connectivity index (χ4n) is 3.84. The summed E-state index contributed by atoms with van der Waals surface area (Å²) in [5.41, 5.74) is 0.906. The van der Waals surface area contributed by atoms with Gasteiger partial charge in [0.1, 0.15) is 24.1 Å². The van der Waals surface area contributed by atoms with E-state index in [2.05, 4.69) is 15.5 Å². The van der Waals surface area contributed by atoms with Crippen molar-refractivity contribution in [2.75, 3.05) is 37.6 Å². The molecular weight excluding hydrogens is 407 g/mol. The first-order valence-corrected chi connectivity index (χ1v) is 10.6. The van der Waals surface area contributed by atoms with Crippen LogP contribution in [0.15, 0.2) is 24.3 Å². The third-order valence-corrected chi connectivity index (χ3v) is 5.54. The zero-order valence-corrected chi connectivity index (χ0v) is 17.8. The van der Waals surface area contributed by atoms with E-state index in [1.165, 1.54) is 12.1 Å². The molecule has 0 aliphatic carbocycles. The van der Waals surface area contributed by atoms with E-state index in [4.69, 9.17) is 4.74 Å². The number of anilines is 1. The minimum Gasteiger partial charge on any atom is -0.388 e. The number of amides is 3. The largest absolute Gasteiger partial charge is 0.388 e. The van der Waals surface area contributed by atoms with E-state index in [1.54, 1.807) is 17.0 Å². The smallest absolute Gasteiger partial charge is 0.315 e. The lowest BCUT2D eigenvalue weighted by Gasteiger charge is -2.36. The summed E-state index contributed by atoms with van der Waals surface area (Å²) in [6.07, 6.45) is -4.07. The average Bonchev–Trinajstić information content (AvgIpc) is 3.00. The topological polar surface area (TPSA) is 114 Å². The Kier molecular flexibility index (Phi) is 7.69. The maximum Gasteiger partial charge on any atom is 0.315 e. The third kappa shape index (κ3) is 6.05. The number of hydrogen-bond acceptors (Lipinski definition) is 6. The van der Waals surface area contributed by atoms with E-state index in [-0.39, 0.29) is 36.8 Å². The van der Waals surface area contributed by atoms with E-state index in [9.17, 15) is 24.2 Å². The number of rotatable bonds is 6. The standard InChI is InChI=1S/C21H31FN4O5/c1-13(2)24-21(30)23-12-17-20(29)19(28)16(31-17)11-18(27)26-9-7-25(8-10-26)15-5-3-14(22)4-6-15/h3-6,13,16-17,19-20,28-29H,7-12H2,1-2H3,(H2,23,24,30). The Morgan fingerprint density at radius 3 is 2.32 bits per heavy atom. The highest BCUT2D eigenvalue weighted by Crippen LogP contribution is 2.25. The highest BCUT2D eigenvalue weighted by atomic mass is 19.1. The summed E-state index contributed by atoms with van der Waals surface area (Å²) in [5.74, 6) is -0.454. The van der Waals surface area contributed by atoms with Gasteiger partial charge in [-0.2, -0.15) is 0 Å². The molecular formula is C21H31FN4O5. The fourth-order valence-corrected chi connectivity index (χ4v) is 3.84. The van der Waals surface area contributed by atoms with Crippen molar-refractivity contribution >= 4 is 17.6 Å². The maximum absolute atomic E-state index is 13.1. The molecule has 0 radical (unpaired) electrons. The minimum atomic E-state index is -1.20. The van der Waals surface area contributed by atoms with Gasteiger partial charge in [-0.15, -0.1) is 0 Å².